The van der Waals surface area contributed by atoms with Crippen molar-refractivity contribution >= 4 is 6.09 Å². The number of hydrogen-bond donors (Lipinski definition) is 4. The Morgan fingerprint density at radius 2 is 1.76 bits per heavy atom. The highest BCUT2D eigenvalue weighted by molar-refractivity contribution is 5.65. The van der Waals surface area contributed by atoms with Crippen LogP contribution in [-0.2, 0) is 0 Å². The maximum absolute atomic E-state index is 12.9. The minimum atomic E-state index is -1.33. The second-order valence-corrected chi connectivity index (χ2v) is 5.13. The van der Waals surface area contributed by atoms with Gasteiger partial charge in [-0.1, -0.05) is 12.1 Å². The monoisotopic (exact) mass is 298 g/mol. The Bertz CT molecular complexity index is 476. The lowest BCUT2D eigenvalue weighted by molar-refractivity contribution is -0.0482. The smallest absolute Gasteiger partial charge is 0.405 e. The quantitative estimate of drug-likeness (QED) is 0.648. The number of carbonyl (C=O) groups is 1. The first-order valence-corrected chi connectivity index (χ1v) is 6.84. The largest absolute Gasteiger partial charge is 0.465 e. The number of carboxylic acid groups (broad SMARTS) is 1. The summed E-state index contributed by atoms with van der Waals surface area (Å²) in [4.78, 5) is 12.6. The molecule has 7 heteroatoms. The van der Waals surface area contributed by atoms with Crippen LogP contribution in [0.1, 0.15) is 24.5 Å². The van der Waals surface area contributed by atoms with Gasteiger partial charge in [-0.15, -0.1) is 0 Å². The Morgan fingerprint density at radius 3 is 2.29 bits per heavy atom. The van der Waals surface area contributed by atoms with Crippen molar-refractivity contribution in [2.45, 2.75) is 31.2 Å². The molecule has 116 valence electrons. The van der Waals surface area contributed by atoms with E-state index < -0.39 is 30.3 Å². The molecule has 1 aliphatic heterocycles. The van der Waals surface area contributed by atoms with E-state index in [0.29, 0.717) is 18.7 Å². The standard InChI is InChI=1S/C14H19FN2O4/c15-10-5-3-9(4-6-10)12(18)11(16-14(20)21)13(19)17-7-1-2-8-17/h3-6,11-13,16,18-19H,1-2,7-8H2,(H,20,21). The molecule has 1 heterocycles. The molecular formula is C14H19FN2O4. The Labute approximate surface area is 121 Å². The van der Waals surface area contributed by atoms with E-state index in [4.69, 9.17) is 5.11 Å². The number of aliphatic hydroxyl groups is 2. The number of nitrogens with zero attached hydrogens (tertiary/aromatic N) is 1. The van der Waals surface area contributed by atoms with Gasteiger partial charge in [-0.2, -0.15) is 0 Å². The normalized spacial score (nSPS) is 20.0. The van der Waals surface area contributed by atoms with Gasteiger partial charge in [0.25, 0.3) is 0 Å². The fourth-order valence-electron chi connectivity index (χ4n) is 2.56. The van der Waals surface area contributed by atoms with E-state index in [9.17, 15) is 19.4 Å². The van der Waals surface area contributed by atoms with E-state index in [1.807, 2.05) is 0 Å². The first kappa shape index (κ1) is 15.7. The molecule has 0 bridgehead atoms. The van der Waals surface area contributed by atoms with Gasteiger partial charge in [0.2, 0.25) is 0 Å². The molecule has 1 fully saturated rings. The van der Waals surface area contributed by atoms with Gasteiger partial charge in [-0.25, -0.2) is 9.18 Å². The zero-order chi connectivity index (χ0) is 15.4. The Morgan fingerprint density at radius 1 is 1.19 bits per heavy atom. The van der Waals surface area contributed by atoms with E-state index in [1.165, 1.54) is 24.3 Å². The van der Waals surface area contributed by atoms with Crippen LogP contribution in [0.25, 0.3) is 0 Å². The molecule has 1 aromatic carbocycles. The number of hydrogen-bond acceptors (Lipinski definition) is 4. The molecule has 0 radical (unpaired) electrons. The van der Waals surface area contributed by atoms with Crippen molar-refractivity contribution < 1.29 is 24.5 Å². The molecule has 6 nitrogen and oxygen atoms in total. The second kappa shape index (κ2) is 6.84. The lowest BCUT2D eigenvalue weighted by atomic mass is 10.0. The average Bonchev–Trinajstić information content (AvgIpc) is 2.98. The van der Waals surface area contributed by atoms with E-state index in [2.05, 4.69) is 5.32 Å². The van der Waals surface area contributed by atoms with Crippen LogP contribution in [0.5, 0.6) is 0 Å². The van der Waals surface area contributed by atoms with Crippen LogP contribution < -0.4 is 5.32 Å². The zero-order valence-electron chi connectivity index (χ0n) is 11.4. The van der Waals surface area contributed by atoms with Crippen molar-refractivity contribution in [1.29, 1.82) is 0 Å². The zero-order valence-corrected chi connectivity index (χ0v) is 11.4. The van der Waals surface area contributed by atoms with Crippen molar-refractivity contribution in [2.24, 2.45) is 0 Å². The summed E-state index contributed by atoms with van der Waals surface area (Å²) in [5, 5.41) is 31.7. The highest BCUT2D eigenvalue weighted by atomic mass is 19.1. The number of amides is 1. The van der Waals surface area contributed by atoms with Crippen molar-refractivity contribution in [3.63, 3.8) is 0 Å². The molecular weight excluding hydrogens is 279 g/mol. The summed E-state index contributed by atoms with van der Waals surface area (Å²) in [6, 6.07) is 3.99. The van der Waals surface area contributed by atoms with E-state index in [-0.39, 0.29) is 0 Å². The molecule has 21 heavy (non-hydrogen) atoms. The summed E-state index contributed by atoms with van der Waals surface area (Å²) in [7, 11) is 0. The predicted molar refractivity (Wildman–Crippen MR) is 73.1 cm³/mol. The van der Waals surface area contributed by atoms with Crippen LogP contribution in [0.2, 0.25) is 0 Å². The van der Waals surface area contributed by atoms with Gasteiger partial charge in [-0.3, -0.25) is 4.90 Å². The van der Waals surface area contributed by atoms with Crippen LogP contribution in [0.15, 0.2) is 24.3 Å². The van der Waals surface area contributed by atoms with Crippen molar-refractivity contribution in [3.05, 3.63) is 35.6 Å². The van der Waals surface area contributed by atoms with Gasteiger partial charge in [0, 0.05) is 13.1 Å². The first-order chi connectivity index (χ1) is 9.99. The molecule has 3 unspecified atom stereocenters. The fraction of sp³-hybridized carbons (Fsp3) is 0.500. The summed E-state index contributed by atoms with van der Waals surface area (Å²) < 4.78 is 12.9. The van der Waals surface area contributed by atoms with Crippen LogP contribution in [0.4, 0.5) is 9.18 Å². The van der Waals surface area contributed by atoms with E-state index in [0.717, 1.165) is 12.8 Å². The number of rotatable bonds is 5. The Hall–Kier alpha value is -1.70. The molecule has 0 aromatic heterocycles. The van der Waals surface area contributed by atoms with Crippen molar-refractivity contribution in [2.75, 3.05) is 13.1 Å². The van der Waals surface area contributed by atoms with Crippen LogP contribution in [0.3, 0.4) is 0 Å². The van der Waals surface area contributed by atoms with Crippen molar-refractivity contribution in [3.8, 4) is 0 Å². The molecule has 1 amide bonds. The molecule has 0 aliphatic carbocycles. The van der Waals surface area contributed by atoms with Crippen molar-refractivity contribution in [1.82, 2.24) is 10.2 Å². The van der Waals surface area contributed by atoms with Crippen LogP contribution in [0, 0.1) is 5.82 Å². The summed E-state index contributed by atoms with van der Waals surface area (Å²) in [5.41, 5.74) is 0.341. The van der Waals surface area contributed by atoms with Gasteiger partial charge in [0.15, 0.2) is 0 Å². The molecule has 1 aliphatic rings. The fourth-order valence-corrected chi connectivity index (χ4v) is 2.56. The molecule has 3 atom stereocenters. The molecule has 1 saturated heterocycles. The summed E-state index contributed by atoms with van der Waals surface area (Å²) in [5.74, 6) is -0.450. The number of halogens is 1. The van der Waals surface area contributed by atoms with E-state index in [1.54, 1.807) is 4.90 Å². The maximum atomic E-state index is 12.9. The number of nitrogens with one attached hydrogen (secondary N) is 1. The van der Waals surface area contributed by atoms with Gasteiger partial charge in [-0.05, 0) is 30.5 Å². The molecule has 0 spiro atoms. The third-order valence-corrected chi connectivity index (χ3v) is 3.68. The lowest BCUT2D eigenvalue weighted by Gasteiger charge is -2.33. The SMILES string of the molecule is O=C(O)NC(C(O)c1ccc(F)cc1)C(O)N1CCCC1. The van der Waals surface area contributed by atoms with Gasteiger partial charge >= 0.3 is 6.09 Å². The van der Waals surface area contributed by atoms with Crippen LogP contribution in [-0.4, -0.2) is 51.7 Å². The van der Waals surface area contributed by atoms with Gasteiger partial charge in [0.1, 0.15) is 24.2 Å². The summed E-state index contributed by atoms with van der Waals surface area (Å²) in [6.45, 7) is 1.30. The average molecular weight is 298 g/mol. The number of likely N-dealkylation sites (tertiary alicyclic amines) is 1. The topological polar surface area (TPSA) is 93.0 Å². The van der Waals surface area contributed by atoms with Gasteiger partial charge < -0.3 is 20.6 Å². The molecule has 4 N–H and O–H groups in total. The van der Waals surface area contributed by atoms with Gasteiger partial charge in [0.05, 0.1) is 0 Å². The maximum Gasteiger partial charge on any atom is 0.405 e. The third kappa shape index (κ3) is 3.90. The molecule has 1 aromatic rings. The molecule has 0 saturated carbocycles. The van der Waals surface area contributed by atoms with E-state index >= 15 is 0 Å². The van der Waals surface area contributed by atoms with Crippen LogP contribution >= 0.6 is 0 Å². The minimum Gasteiger partial charge on any atom is -0.465 e. The highest BCUT2D eigenvalue weighted by Gasteiger charge is 2.34. The Balaban J connectivity index is 2.17. The molecule has 2 rings (SSSR count). The number of aliphatic hydroxyl groups excluding tert-OH is 2. The predicted octanol–water partition coefficient (Wildman–Crippen LogP) is 0.910. The Kier molecular flexibility index (Phi) is 5.11. The summed E-state index contributed by atoms with van der Waals surface area (Å²) >= 11 is 0. The highest BCUT2D eigenvalue weighted by Crippen LogP contribution is 2.23. The second-order valence-electron chi connectivity index (χ2n) is 5.13. The summed E-state index contributed by atoms with van der Waals surface area (Å²) in [6.07, 6.45) is -1.90. The lowest BCUT2D eigenvalue weighted by Crippen LogP contribution is -2.53. The number of benzene rings is 1. The third-order valence-electron chi connectivity index (χ3n) is 3.68. The minimum absolute atomic E-state index is 0.341. The first-order valence-electron chi connectivity index (χ1n) is 6.84.